The van der Waals surface area contributed by atoms with Crippen molar-refractivity contribution in [3.05, 3.63) is 58.8 Å². The highest BCUT2D eigenvalue weighted by atomic mass is 32.2. The van der Waals surface area contributed by atoms with Gasteiger partial charge in [0, 0.05) is 18.7 Å². The van der Waals surface area contributed by atoms with Crippen molar-refractivity contribution in [2.24, 2.45) is 0 Å². The molecule has 0 radical (unpaired) electrons. The lowest BCUT2D eigenvalue weighted by molar-refractivity contribution is -0.122. The van der Waals surface area contributed by atoms with Crippen molar-refractivity contribution in [1.29, 1.82) is 0 Å². The zero-order chi connectivity index (χ0) is 24.8. The van der Waals surface area contributed by atoms with Gasteiger partial charge in [0.1, 0.15) is 10.1 Å². The number of rotatable bonds is 8. The van der Waals surface area contributed by atoms with Gasteiger partial charge in [-0.1, -0.05) is 36.5 Å². The summed E-state index contributed by atoms with van der Waals surface area (Å²) in [7, 11) is 1.60. The van der Waals surface area contributed by atoms with Gasteiger partial charge in [-0.05, 0) is 73.7 Å². The van der Waals surface area contributed by atoms with Crippen LogP contribution in [0.25, 0.3) is 6.08 Å². The number of thiocarbonyl (C=S) groups is 1. The van der Waals surface area contributed by atoms with Gasteiger partial charge in [0.25, 0.3) is 5.91 Å². The molecule has 1 aliphatic carbocycles. The fourth-order valence-electron chi connectivity index (χ4n) is 4.05. The summed E-state index contributed by atoms with van der Waals surface area (Å²) in [4.78, 5) is 27.1. The van der Waals surface area contributed by atoms with Crippen LogP contribution >= 0.6 is 24.0 Å². The van der Waals surface area contributed by atoms with Gasteiger partial charge in [-0.25, -0.2) is 4.39 Å². The summed E-state index contributed by atoms with van der Waals surface area (Å²) >= 11 is 6.58. The van der Waals surface area contributed by atoms with Crippen molar-refractivity contribution in [2.45, 2.75) is 44.6 Å². The first-order valence-corrected chi connectivity index (χ1v) is 12.8. The second-order valence-corrected chi connectivity index (χ2v) is 10.1. The molecule has 1 aliphatic heterocycles. The van der Waals surface area contributed by atoms with Crippen molar-refractivity contribution in [2.75, 3.05) is 19.0 Å². The predicted octanol–water partition coefficient (Wildman–Crippen LogP) is 5.78. The van der Waals surface area contributed by atoms with E-state index in [-0.39, 0.29) is 36.7 Å². The first-order valence-electron chi connectivity index (χ1n) is 11.6. The van der Waals surface area contributed by atoms with E-state index >= 15 is 0 Å². The number of ether oxygens (including phenoxy) is 2. The number of carbonyl (C=O) groups excluding carboxylic acids is 2. The minimum absolute atomic E-state index is 0.0676. The first kappa shape index (κ1) is 25.2. The third-order valence-electron chi connectivity index (χ3n) is 5.90. The monoisotopic (exact) mass is 514 g/mol. The molecule has 4 rings (SSSR count). The smallest absolute Gasteiger partial charge is 0.266 e. The van der Waals surface area contributed by atoms with Gasteiger partial charge in [0.05, 0.1) is 18.1 Å². The highest BCUT2D eigenvalue weighted by Crippen LogP contribution is 2.36. The second kappa shape index (κ2) is 11.7. The van der Waals surface area contributed by atoms with Crippen molar-refractivity contribution >= 4 is 51.9 Å². The molecule has 184 valence electrons. The third kappa shape index (κ3) is 6.61. The normalized spacial score (nSPS) is 17.7. The molecule has 0 bridgehead atoms. The fourth-order valence-corrected chi connectivity index (χ4v) is 5.36. The Morgan fingerprint density at radius 3 is 2.63 bits per heavy atom. The number of hydrogen-bond acceptors (Lipinski definition) is 6. The maximum absolute atomic E-state index is 13.0. The molecule has 9 heteroatoms. The van der Waals surface area contributed by atoms with E-state index in [1.54, 1.807) is 13.2 Å². The van der Waals surface area contributed by atoms with Gasteiger partial charge in [-0.15, -0.1) is 0 Å². The van der Waals surface area contributed by atoms with E-state index in [4.69, 9.17) is 21.7 Å². The van der Waals surface area contributed by atoms with E-state index in [9.17, 15) is 14.0 Å². The van der Waals surface area contributed by atoms with Crippen LogP contribution in [0, 0.1) is 5.82 Å². The number of carbonyl (C=O) groups is 2. The number of thioether (sulfide) groups is 1. The molecule has 2 aliphatic rings. The molecule has 1 heterocycles. The molecule has 0 aromatic heterocycles. The zero-order valence-electron chi connectivity index (χ0n) is 19.4. The molecule has 2 aromatic rings. The van der Waals surface area contributed by atoms with Gasteiger partial charge >= 0.3 is 0 Å². The van der Waals surface area contributed by atoms with Crippen LogP contribution in [0.1, 0.15) is 44.1 Å². The summed E-state index contributed by atoms with van der Waals surface area (Å²) < 4.78 is 25.1. The lowest BCUT2D eigenvalue weighted by Gasteiger charge is -2.24. The van der Waals surface area contributed by atoms with Gasteiger partial charge in [0.2, 0.25) is 5.91 Å². The van der Waals surface area contributed by atoms with Crippen LogP contribution in [0.4, 0.5) is 10.1 Å². The summed E-state index contributed by atoms with van der Waals surface area (Å²) in [6.07, 6.45) is 7.77. The zero-order valence-corrected chi connectivity index (χ0v) is 21.1. The van der Waals surface area contributed by atoms with Crippen LogP contribution < -0.4 is 14.8 Å². The standard InChI is InChI=1S/C26H27FN2O4S2/c1-32-22-15-17(7-12-21(22)33-20-5-3-2-4-6-20)16-23-25(31)29(26(34)35-23)14-13-24(30)28-19-10-8-18(27)9-11-19/h7-12,15-16,20H,2-6,13-14H2,1H3,(H,28,30)/b23-16-. The van der Waals surface area contributed by atoms with E-state index < -0.39 is 0 Å². The minimum atomic E-state index is -0.378. The van der Waals surface area contributed by atoms with Crippen LogP contribution in [0.15, 0.2) is 47.4 Å². The largest absolute Gasteiger partial charge is 0.493 e. The molecule has 35 heavy (non-hydrogen) atoms. The summed E-state index contributed by atoms with van der Waals surface area (Å²) in [5.74, 6) is 0.425. The Morgan fingerprint density at radius 2 is 1.91 bits per heavy atom. The van der Waals surface area contributed by atoms with Crippen LogP contribution in [0.3, 0.4) is 0 Å². The average Bonchev–Trinajstić information content (AvgIpc) is 3.12. The van der Waals surface area contributed by atoms with Crippen molar-refractivity contribution in [1.82, 2.24) is 4.90 Å². The third-order valence-corrected chi connectivity index (χ3v) is 7.27. The average molecular weight is 515 g/mol. The van der Waals surface area contributed by atoms with Crippen molar-refractivity contribution in [3.8, 4) is 11.5 Å². The molecular formula is C26H27FN2O4S2. The minimum Gasteiger partial charge on any atom is -0.493 e. The van der Waals surface area contributed by atoms with E-state index in [2.05, 4.69) is 5.32 Å². The van der Waals surface area contributed by atoms with E-state index in [1.807, 2.05) is 18.2 Å². The fraction of sp³-hybridized carbons (Fsp3) is 0.346. The number of hydrogen-bond donors (Lipinski definition) is 1. The molecule has 2 aromatic carbocycles. The quantitative estimate of drug-likeness (QED) is 0.356. The molecule has 1 N–H and O–H groups in total. The Morgan fingerprint density at radius 1 is 1.17 bits per heavy atom. The summed E-state index contributed by atoms with van der Waals surface area (Å²) in [5, 5.41) is 2.69. The predicted molar refractivity (Wildman–Crippen MR) is 140 cm³/mol. The van der Waals surface area contributed by atoms with Crippen molar-refractivity contribution < 1.29 is 23.5 Å². The molecule has 0 unspecified atom stereocenters. The number of benzene rings is 2. The second-order valence-electron chi connectivity index (χ2n) is 8.43. The lowest BCUT2D eigenvalue weighted by atomic mass is 9.98. The topological polar surface area (TPSA) is 67.9 Å². The van der Waals surface area contributed by atoms with Gasteiger partial charge in [-0.2, -0.15) is 0 Å². The molecular weight excluding hydrogens is 487 g/mol. The lowest BCUT2D eigenvalue weighted by Crippen LogP contribution is -2.31. The van der Waals surface area contributed by atoms with E-state index in [0.717, 1.165) is 18.4 Å². The Balaban J connectivity index is 1.37. The van der Waals surface area contributed by atoms with Gasteiger partial charge in [0.15, 0.2) is 11.5 Å². The number of nitrogens with zero attached hydrogens (tertiary/aromatic N) is 1. The summed E-state index contributed by atoms with van der Waals surface area (Å²) in [6, 6.07) is 11.1. The van der Waals surface area contributed by atoms with Crippen LogP contribution in [-0.4, -0.2) is 40.8 Å². The molecule has 2 amide bonds. The first-order chi connectivity index (χ1) is 16.9. The maximum Gasteiger partial charge on any atom is 0.266 e. The number of anilines is 1. The Kier molecular flexibility index (Phi) is 8.41. The Bertz CT molecular complexity index is 1130. The highest BCUT2D eigenvalue weighted by molar-refractivity contribution is 8.26. The van der Waals surface area contributed by atoms with Crippen LogP contribution in [0.5, 0.6) is 11.5 Å². The molecule has 6 nitrogen and oxygen atoms in total. The molecule has 0 spiro atoms. The van der Waals surface area contributed by atoms with Gasteiger partial charge in [-0.3, -0.25) is 14.5 Å². The summed E-state index contributed by atoms with van der Waals surface area (Å²) in [5.41, 5.74) is 1.29. The Hall–Kier alpha value is -2.91. The molecule has 0 atom stereocenters. The highest BCUT2D eigenvalue weighted by Gasteiger charge is 2.32. The number of amides is 2. The van der Waals surface area contributed by atoms with Crippen LogP contribution in [-0.2, 0) is 9.59 Å². The number of methoxy groups -OCH3 is 1. The Labute approximate surface area is 213 Å². The summed E-state index contributed by atoms with van der Waals surface area (Å²) in [6.45, 7) is 0.159. The maximum atomic E-state index is 13.0. The number of halogens is 1. The van der Waals surface area contributed by atoms with Crippen molar-refractivity contribution in [3.63, 3.8) is 0 Å². The SMILES string of the molecule is COc1cc(/C=C2\SC(=S)N(CCC(=O)Nc3ccc(F)cc3)C2=O)ccc1OC1CCCCC1. The molecule has 2 fully saturated rings. The van der Waals surface area contributed by atoms with E-state index in [0.29, 0.717) is 26.4 Å². The molecule has 1 saturated carbocycles. The van der Waals surface area contributed by atoms with Gasteiger partial charge < -0.3 is 14.8 Å². The molecule has 1 saturated heterocycles. The van der Waals surface area contributed by atoms with E-state index in [1.165, 1.54) is 60.2 Å². The van der Waals surface area contributed by atoms with Crippen LogP contribution in [0.2, 0.25) is 0 Å². The number of nitrogens with one attached hydrogen (secondary N) is 1.